The largest absolute Gasteiger partial charge is 0.480 e. The Balaban J connectivity index is 2.92. The smallest absolute Gasteiger partial charge is 0.330 e. The van der Waals surface area contributed by atoms with Gasteiger partial charge in [0.1, 0.15) is 0 Å². The van der Waals surface area contributed by atoms with E-state index < -0.39 is 23.7 Å². The van der Waals surface area contributed by atoms with Crippen LogP contribution in [0.1, 0.15) is 6.42 Å². The predicted octanol–water partition coefficient (Wildman–Crippen LogP) is 0.620. The second-order valence-corrected chi connectivity index (χ2v) is 2.20. The van der Waals surface area contributed by atoms with Gasteiger partial charge in [0.05, 0.1) is 6.07 Å². The van der Waals surface area contributed by atoms with Crippen molar-refractivity contribution in [1.29, 1.82) is 5.26 Å². The van der Waals surface area contributed by atoms with Gasteiger partial charge in [-0.3, -0.25) is 4.79 Å². The van der Waals surface area contributed by atoms with E-state index in [1.807, 2.05) is 0 Å². The molecule has 0 saturated heterocycles. The average Bonchev–Trinajstić information content (AvgIpc) is 2.35. The van der Waals surface area contributed by atoms with Crippen LogP contribution in [0.3, 0.4) is 0 Å². The van der Waals surface area contributed by atoms with Gasteiger partial charge in [0.25, 0.3) is 5.92 Å². The monoisotopic (exact) mass is 147 g/mol. The molecule has 1 rings (SSSR count). The molecular weight excluding hydrogens is 144 g/mol. The molecule has 0 unspecified atom stereocenters. The lowest BCUT2D eigenvalue weighted by atomic mass is 10.1. The highest BCUT2D eigenvalue weighted by Gasteiger charge is 2.78. The fourth-order valence-corrected chi connectivity index (χ4v) is 0.690. The van der Waals surface area contributed by atoms with Crippen LogP contribution >= 0.6 is 0 Å². The van der Waals surface area contributed by atoms with Crippen LogP contribution in [0.5, 0.6) is 0 Å². The van der Waals surface area contributed by atoms with Crippen LogP contribution in [0.2, 0.25) is 0 Å². The van der Waals surface area contributed by atoms with Crippen LogP contribution in [0.15, 0.2) is 0 Å². The van der Waals surface area contributed by atoms with E-state index >= 15 is 0 Å². The van der Waals surface area contributed by atoms with Gasteiger partial charge in [-0.05, 0) is 0 Å². The third-order valence-electron chi connectivity index (χ3n) is 1.54. The molecule has 1 N–H and O–H groups in total. The maximum Gasteiger partial charge on any atom is 0.330 e. The number of carboxylic acid groups (broad SMARTS) is 1. The van der Waals surface area contributed by atoms with Crippen LogP contribution < -0.4 is 0 Å². The number of hydrogen-bond acceptors (Lipinski definition) is 2. The molecule has 0 aliphatic heterocycles. The molecule has 5 heteroatoms. The summed E-state index contributed by atoms with van der Waals surface area (Å²) >= 11 is 0. The summed E-state index contributed by atoms with van der Waals surface area (Å²) in [4.78, 5) is 10.0. The van der Waals surface area contributed by atoms with E-state index in [1.165, 1.54) is 0 Å². The first kappa shape index (κ1) is 6.93. The van der Waals surface area contributed by atoms with Gasteiger partial charge in [-0.2, -0.15) is 5.26 Å². The molecule has 3 nitrogen and oxygen atoms in total. The van der Waals surface area contributed by atoms with Crippen molar-refractivity contribution in [3.63, 3.8) is 0 Å². The molecule has 1 aliphatic carbocycles. The lowest BCUT2D eigenvalue weighted by molar-refractivity contribution is -0.144. The summed E-state index contributed by atoms with van der Waals surface area (Å²) in [5, 5.41) is 16.2. The van der Waals surface area contributed by atoms with Crippen molar-refractivity contribution in [1.82, 2.24) is 0 Å². The number of nitriles is 1. The Morgan fingerprint density at radius 2 is 2.10 bits per heavy atom. The van der Waals surface area contributed by atoms with Crippen molar-refractivity contribution < 1.29 is 18.7 Å². The summed E-state index contributed by atoms with van der Waals surface area (Å²) in [6.07, 6.45) is -0.855. The maximum absolute atomic E-state index is 12.1. The quantitative estimate of drug-likeness (QED) is 0.591. The van der Waals surface area contributed by atoms with Crippen LogP contribution in [0.25, 0.3) is 0 Å². The first-order valence-electron chi connectivity index (χ1n) is 2.49. The van der Waals surface area contributed by atoms with E-state index in [9.17, 15) is 13.6 Å². The highest BCUT2D eigenvalue weighted by atomic mass is 19.3. The highest BCUT2D eigenvalue weighted by molar-refractivity contribution is 5.83. The molecule has 0 aromatic carbocycles. The zero-order chi connectivity index (χ0) is 7.99. The topological polar surface area (TPSA) is 61.1 Å². The molecule has 0 bridgehead atoms. The molecule has 1 saturated carbocycles. The van der Waals surface area contributed by atoms with Gasteiger partial charge in [0.15, 0.2) is 0 Å². The molecule has 1 fully saturated rings. The van der Waals surface area contributed by atoms with E-state index in [-0.39, 0.29) is 0 Å². The number of rotatable bonds is 1. The van der Waals surface area contributed by atoms with Crippen molar-refractivity contribution in [2.45, 2.75) is 12.3 Å². The minimum Gasteiger partial charge on any atom is -0.480 e. The van der Waals surface area contributed by atoms with Gasteiger partial charge in [-0.25, -0.2) is 8.78 Å². The molecule has 54 valence electrons. The Labute approximate surface area is 54.9 Å². The molecule has 0 amide bonds. The molecule has 1 atom stereocenters. The summed E-state index contributed by atoms with van der Waals surface area (Å²) in [6.45, 7) is 0. The van der Waals surface area contributed by atoms with E-state index in [1.54, 1.807) is 0 Å². The van der Waals surface area contributed by atoms with E-state index in [0.717, 1.165) is 6.07 Å². The van der Waals surface area contributed by atoms with Crippen molar-refractivity contribution >= 4 is 5.97 Å². The van der Waals surface area contributed by atoms with Gasteiger partial charge in [-0.1, -0.05) is 0 Å². The van der Waals surface area contributed by atoms with Crippen LogP contribution in [-0.2, 0) is 4.79 Å². The van der Waals surface area contributed by atoms with Crippen LogP contribution in [0.4, 0.5) is 8.78 Å². The van der Waals surface area contributed by atoms with Crippen molar-refractivity contribution in [2.24, 2.45) is 5.41 Å². The molecule has 0 spiro atoms. The minimum absolute atomic E-state index is 0.855. The molecular formula is C5H3F2NO2. The summed E-state index contributed by atoms with van der Waals surface area (Å²) in [5.74, 6) is -5.06. The van der Waals surface area contributed by atoms with E-state index in [4.69, 9.17) is 10.4 Å². The van der Waals surface area contributed by atoms with Crippen molar-refractivity contribution in [3.05, 3.63) is 0 Å². The molecule has 0 heterocycles. The van der Waals surface area contributed by atoms with E-state index in [0.29, 0.717) is 0 Å². The van der Waals surface area contributed by atoms with Gasteiger partial charge in [-0.15, -0.1) is 0 Å². The zero-order valence-electron chi connectivity index (χ0n) is 4.77. The van der Waals surface area contributed by atoms with Gasteiger partial charge in [0.2, 0.25) is 5.41 Å². The highest BCUT2D eigenvalue weighted by Crippen LogP contribution is 2.60. The Morgan fingerprint density at radius 3 is 2.10 bits per heavy atom. The van der Waals surface area contributed by atoms with Gasteiger partial charge < -0.3 is 5.11 Å². The Kier molecular flexibility index (Phi) is 1.01. The molecule has 0 radical (unpaired) electrons. The number of hydrogen-bond donors (Lipinski definition) is 1. The number of nitrogens with zero attached hydrogens (tertiary/aromatic N) is 1. The van der Waals surface area contributed by atoms with Crippen molar-refractivity contribution in [3.8, 4) is 6.07 Å². The molecule has 10 heavy (non-hydrogen) atoms. The molecule has 0 aromatic rings. The predicted molar refractivity (Wildman–Crippen MR) is 25.2 cm³/mol. The average molecular weight is 147 g/mol. The number of alkyl halides is 2. The van der Waals surface area contributed by atoms with Crippen molar-refractivity contribution in [2.75, 3.05) is 0 Å². The maximum atomic E-state index is 12.1. The van der Waals surface area contributed by atoms with Gasteiger partial charge in [0, 0.05) is 6.42 Å². The fourth-order valence-electron chi connectivity index (χ4n) is 0.690. The fraction of sp³-hybridized carbons (Fsp3) is 0.600. The second-order valence-electron chi connectivity index (χ2n) is 2.20. The summed E-state index contributed by atoms with van der Waals surface area (Å²) in [7, 11) is 0. The first-order chi connectivity index (χ1) is 4.46. The zero-order valence-corrected chi connectivity index (χ0v) is 4.77. The normalized spacial score (nSPS) is 34.5. The lowest BCUT2D eigenvalue weighted by Crippen LogP contribution is -2.20. The number of carboxylic acids is 1. The standard InChI is InChI=1S/C5H3F2NO2/c6-5(7)1-4(5,2-8)3(9)10/h1H2,(H,9,10)/t4-/m1/s1. The van der Waals surface area contributed by atoms with E-state index in [2.05, 4.69) is 0 Å². The Bertz CT molecular complexity index is 232. The molecule has 0 aromatic heterocycles. The minimum atomic E-state index is -3.33. The first-order valence-corrected chi connectivity index (χ1v) is 2.49. The van der Waals surface area contributed by atoms with Gasteiger partial charge >= 0.3 is 5.97 Å². The SMILES string of the molecule is N#C[C@@]1(C(=O)O)CC1(F)F. The number of aliphatic carboxylic acids is 1. The van der Waals surface area contributed by atoms with Crippen LogP contribution in [0, 0.1) is 16.7 Å². The second kappa shape index (κ2) is 1.45. The summed E-state index contributed by atoms with van der Waals surface area (Å²) in [6, 6.07) is 1.09. The van der Waals surface area contributed by atoms with Crippen LogP contribution in [-0.4, -0.2) is 17.0 Å². The third kappa shape index (κ3) is 0.533. The Hall–Kier alpha value is -1.18. The number of carbonyl (C=O) groups is 1. The summed E-state index contributed by atoms with van der Waals surface area (Å²) < 4.78 is 24.2. The molecule has 1 aliphatic rings. The summed E-state index contributed by atoms with van der Waals surface area (Å²) in [5.41, 5.74) is -2.42. The lowest BCUT2D eigenvalue weighted by Gasteiger charge is -1.97. The Morgan fingerprint density at radius 1 is 1.70 bits per heavy atom. The third-order valence-corrected chi connectivity index (χ3v) is 1.54. The number of halogens is 2.